The van der Waals surface area contributed by atoms with Crippen LogP contribution in [0.2, 0.25) is 0 Å². The van der Waals surface area contributed by atoms with Crippen molar-refractivity contribution < 1.29 is 27.3 Å². The van der Waals surface area contributed by atoms with Gasteiger partial charge in [-0.15, -0.1) is 0 Å². The summed E-state index contributed by atoms with van der Waals surface area (Å²) >= 11 is 0. The molecule has 122 valence electrons. The van der Waals surface area contributed by atoms with Gasteiger partial charge in [-0.25, -0.2) is 4.79 Å². The maximum absolute atomic E-state index is 12.5. The molecule has 0 spiro atoms. The minimum atomic E-state index is -4.44. The molecule has 1 aromatic heterocycles. The largest absolute Gasteiger partial charge is 0.416 e. The fourth-order valence-corrected chi connectivity index (χ4v) is 1.79. The van der Waals surface area contributed by atoms with E-state index in [0.29, 0.717) is 5.69 Å². The van der Waals surface area contributed by atoms with Gasteiger partial charge in [-0.05, 0) is 26.0 Å². The highest BCUT2D eigenvalue weighted by atomic mass is 19.4. The van der Waals surface area contributed by atoms with Crippen LogP contribution in [0.15, 0.2) is 33.9 Å². The summed E-state index contributed by atoms with van der Waals surface area (Å²) in [7, 11) is 0. The SMILES string of the molecule is Cc1noc(C)c1C(=O)O/N=C(/N)c1ccc(C(F)(F)F)cc1. The average Bonchev–Trinajstić information content (AvgIpc) is 2.83. The summed E-state index contributed by atoms with van der Waals surface area (Å²) < 4.78 is 42.2. The molecule has 0 atom stereocenters. The molecule has 0 saturated heterocycles. The maximum atomic E-state index is 12.5. The number of rotatable bonds is 3. The third-order valence-electron chi connectivity index (χ3n) is 2.97. The van der Waals surface area contributed by atoms with Gasteiger partial charge in [-0.1, -0.05) is 22.4 Å². The molecular formula is C14H12F3N3O3. The van der Waals surface area contributed by atoms with E-state index in [9.17, 15) is 18.0 Å². The molecule has 2 N–H and O–H groups in total. The molecule has 1 heterocycles. The molecule has 6 nitrogen and oxygen atoms in total. The number of hydrogen-bond donors (Lipinski definition) is 1. The highest BCUT2D eigenvalue weighted by molar-refractivity contribution is 5.98. The van der Waals surface area contributed by atoms with Gasteiger partial charge in [-0.3, -0.25) is 0 Å². The quantitative estimate of drug-likeness (QED) is 0.405. The monoisotopic (exact) mass is 327 g/mol. The van der Waals surface area contributed by atoms with E-state index in [4.69, 9.17) is 10.3 Å². The Kier molecular flexibility index (Phi) is 4.39. The van der Waals surface area contributed by atoms with E-state index in [2.05, 4.69) is 15.1 Å². The Morgan fingerprint density at radius 1 is 1.26 bits per heavy atom. The van der Waals surface area contributed by atoms with Crippen LogP contribution in [-0.4, -0.2) is 17.0 Å². The van der Waals surface area contributed by atoms with Gasteiger partial charge in [0.05, 0.1) is 11.3 Å². The van der Waals surface area contributed by atoms with Gasteiger partial charge in [0.25, 0.3) is 0 Å². The Balaban J connectivity index is 2.13. The van der Waals surface area contributed by atoms with Crippen molar-refractivity contribution in [2.75, 3.05) is 0 Å². The lowest BCUT2D eigenvalue weighted by molar-refractivity contribution is -0.137. The van der Waals surface area contributed by atoms with E-state index < -0.39 is 17.7 Å². The van der Waals surface area contributed by atoms with E-state index in [1.165, 1.54) is 6.92 Å². The van der Waals surface area contributed by atoms with Gasteiger partial charge in [0, 0.05) is 5.56 Å². The van der Waals surface area contributed by atoms with Crippen LogP contribution in [0, 0.1) is 13.8 Å². The van der Waals surface area contributed by atoms with Crippen molar-refractivity contribution in [1.82, 2.24) is 5.16 Å². The Hall–Kier alpha value is -2.84. The molecule has 0 aliphatic heterocycles. The number of nitrogens with two attached hydrogens (primary N) is 1. The topological polar surface area (TPSA) is 90.7 Å². The smallest absolute Gasteiger partial charge is 0.380 e. The number of hydrogen-bond acceptors (Lipinski definition) is 5. The summed E-state index contributed by atoms with van der Waals surface area (Å²) in [5.74, 6) is -0.800. The Morgan fingerprint density at radius 3 is 2.35 bits per heavy atom. The number of oxime groups is 1. The van der Waals surface area contributed by atoms with E-state index in [0.717, 1.165) is 24.3 Å². The van der Waals surface area contributed by atoms with Crippen LogP contribution in [0.5, 0.6) is 0 Å². The molecule has 0 bridgehead atoms. The summed E-state index contributed by atoms with van der Waals surface area (Å²) in [6, 6.07) is 3.97. The first kappa shape index (κ1) is 16.5. The molecule has 0 unspecified atom stereocenters. The fourth-order valence-electron chi connectivity index (χ4n) is 1.79. The summed E-state index contributed by atoms with van der Waals surface area (Å²) in [5, 5.41) is 7.01. The third kappa shape index (κ3) is 3.68. The van der Waals surface area contributed by atoms with Crippen LogP contribution in [-0.2, 0) is 11.0 Å². The number of carbonyl (C=O) groups is 1. The zero-order valence-corrected chi connectivity index (χ0v) is 12.1. The van der Waals surface area contributed by atoms with Crippen LogP contribution in [0.3, 0.4) is 0 Å². The predicted octanol–water partition coefficient (Wildman–Crippen LogP) is 2.79. The van der Waals surface area contributed by atoms with Crippen LogP contribution in [0.25, 0.3) is 0 Å². The first-order valence-corrected chi connectivity index (χ1v) is 6.35. The summed E-state index contributed by atoms with van der Waals surface area (Å²) in [6.45, 7) is 3.08. The number of carbonyl (C=O) groups excluding carboxylic acids is 1. The Labute approximate surface area is 128 Å². The van der Waals surface area contributed by atoms with Crippen molar-refractivity contribution in [3.05, 3.63) is 52.4 Å². The summed E-state index contributed by atoms with van der Waals surface area (Å²) in [6.07, 6.45) is -4.44. The van der Waals surface area contributed by atoms with Gasteiger partial charge in [0.15, 0.2) is 5.84 Å². The maximum Gasteiger partial charge on any atom is 0.416 e. The first-order chi connectivity index (χ1) is 10.7. The molecule has 0 saturated carbocycles. The Bertz CT molecular complexity index is 729. The van der Waals surface area contributed by atoms with Crippen LogP contribution in [0.4, 0.5) is 13.2 Å². The lowest BCUT2D eigenvalue weighted by atomic mass is 10.1. The van der Waals surface area contributed by atoms with Crippen LogP contribution < -0.4 is 5.73 Å². The molecule has 0 aliphatic carbocycles. The summed E-state index contributed by atoms with van der Waals surface area (Å²) in [4.78, 5) is 16.5. The molecule has 0 radical (unpaired) electrons. The number of amidine groups is 1. The minimum absolute atomic E-state index is 0.119. The Morgan fingerprint density at radius 2 is 1.87 bits per heavy atom. The van der Waals surface area contributed by atoms with Gasteiger partial charge in [-0.2, -0.15) is 13.2 Å². The third-order valence-corrected chi connectivity index (χ3v) is 2.97. The standard InChI is InChI=1S/C14H12F3N3O3/c1-7-11(8(2)22-19-7)13(21)23-20-12(18)9-3-5-10(6-4-9)14(15,16)17/h3-6H,1-2H3,(H2,18,20). The van der Waals surface area contributed by atoms with E-state index in [1.807, 2.05) is 0 Å². The second-order valence-electron chi connectivity index (χ2n) is 4.63. The number of alkyl halides is 3. The zero-order valence-electron chi connectivity index (χ0n) is 12.1. The molecule has 1 aromatic carbocycles. The fraction of sp³-hybridized carbons (Fsp3) is 0.214. The number of benzene rings is 1. The number of halogens is 3. The normalized spacial score (nSPS) is 12.3. The predicted molar refractivity (Wildman–Crippen MR) is 73.6 cm³/mol. The zero-order chi connectivity index (χ0) is 17.2. The van der Waals surface area contributed by atoms with E-state index in [1.54, 1.807) is 6.92 Å². The van der Waals surface area contributed by atoms with Gasteiger partial charge in [0.2, 0.25) is 0 Å². The number of aromatic nitrogens is 1. The van der Waals surface area contributed by atoms with Crippen molar-refractivity contribution in [2.24, 2.45) is 10.9 Å². The van der Waals surface area contributed by atoms with Gasteiger partial charge >= 0.3 is 12.1 Å². The van der Waals surface area contributed by atoms with Crippen molar-refractivity contribution in [3.8, 4) is 0 Å². The van der Waals surface area contributed by atoms with Crippen molar-refractivity contribution in [3.63, 3.8) is 0 Å². The second-order valence-corrected chi connectivity index (χ2v) is 4.63. The molecule has 0 fully saturated rings. The lowest BCUT2D eigenvalue weighted by Crippen LogP contribution is -2.16. The van der Waals surface area contributed by atoms with Gasteiger partial charge < -0.3 is 15.1 Å². The van der Waals surface area contributed by atoms with Crippen molar-refractivity contribution in [2.45, 2.75) is 20.0 Å². The molecule has 0 amide bonds. The molecular weight excluding hydrogens is 315 g/mol. The van der Waals surface area contributed by atoms with E-state index in [-0.39, 0.29) is 22.7 Å². The van der Waals surface area contributed by atoms with E-state index >= 15 is 0 Å². The van der Waals surface area contributed by atoms with Crippen molar-refractivity contribution in [1.29, 1.82) is 0 Å². The average molecular weight is 327 g/mol. The molecule has 0 aliphatic rings. The minimum Gasteiger partial charge on any atom is -0.380 e. The molecule has 23 heavy (non-hydrogen) atoms. The highest BCUT2D eigenvalue weighted by Gasteiger charge is 2.30. The van der Waals surface area contributed by atoms with Gasteiger partial charge in [0.1, 0.15) is 11.3 Å². The van der Waals surface area contributed by atoms with Crippen LogP contribution in [0.1, 0.15) is 32.9 Å². The highest BCUT2D eigenvalue weighted by Crippen LogP contribution is 2.29. The van der Waals surface area contributed by atoms with Crippen LogP contribution >= 0.6 is 0 Å². The molecule has 2 rings (SSSR count). The first-order valence-electron chi connectivity index (χ1n) is 6.35. The second kappa shape index (κ2) is 6.11. The van der Waals surface area contributed by atoms with Crippen molar-refractivity contribution >= 4 is 11.8 Å². The molecule has 2 aromatic rings. The molecule has 9 heteroatoms. The number of aryl methyl sites for hydroxylation is 2. The summed E-state index contributed by atoms with van der Waals surface area (Å²) in [5.41, 5.74) is 5.40. The number of nitrogens with zero attached hydrogens (tertiary/aromatic N) is 2. The lowest BCUT2D eigenvalue weighted by Gasteiger charge is -2.07.